The Kier molecular flexibility index (Phi) is 1.07. The highest BCUT2D eigenvalue weighted by Gasteiger charge is 2.11. The normalized spacial score (nSPS) is 21.5. The minimum Gasteiger partial charge on any atom is -0.259 e. The van der Waals surface area contributed by atoms with Gasteiger partial charge >= 0.3 is 0 Å². The highest BCUT2D eigenvalue weighted by atomic mass is 14.9. The monoisotopic (exact) mass is 132 g/mol. The fourth-order valence-electron chi connectivity index (χ4n) is 1.12. The van der Waals surface area contributed by atoms with Crippen LogP contribution in [0.5, 0.6) is 0 Å². The molecule has 0 atom stereocenters. The number of rotatable bonds is 0. The quantitative estimate of drug-likeness (QED) is 0.479. The molecule has 0 radical (unpaired) electrons. The minimum atomic E-state index is 0.920. The zero-order valence-corrected chi connectivity index (χ0v) is 5.83. The molecule has 0 N–H and O–H groups in total. The number of hydrogen-bond donors (Lipinski definition) is 0. The fourth-order valence-corrected chi connectivity index (χ4v) is 1.12. The molecule has 0 aromatic carbocycles. The molecule has 0 bridgehead atoms. The first-order valence-corrected chi connectivity index (χ1v) is 3.36. The Hall–Kier alpha value is -1.18. The molecule has 2 aliphatic rings. The summed E-state index contributed by atoms with van der Waals surface area (Å²) in [6.45, 7) is 1.99. The van der Waals surface area contributed by atoms with Gasteiger partial charge in [-0.2, -0.15) is 0 Å². The molecule has 0 unspecified atom stereocenters. The Balaban J connectivity index is 2.46. The van der Waals surface area contributed by atoms with Crippen molar-refractivity contribution in [2.45, 2.75) is 13.3 Å². The van der Waals surface area contributed by atoms with Crippen LogP contribution in [0.25, 0.3) is 0 Å². The van der Waals surface area contributed by atoms with E-state index in [0.717, 1.165) is 23.5 Å². The topological polar surface area (TPSA) is 24.7 Å². The van der Waals surface area contributed by atoms with Gasteiger partial charge in [-0.15, -0.1) is 0 Å². The number of aliphatic imine (C=N–C) groups is 2. The number of dihydropyridines is 1. The predicted molar refractivity (Wildman–Crippen MR) is 42.4 cm³/mol. The van der Waals surface area contributed by atoms with E-state index in [1.165, 1.54) is 0 Å². The largest absolute Gasteiger partial charge is 0.259 e. The summed E-state index contributed by atoms with van der Waals surface area (Å²) in [4.78, 5) is 8.48. The molecule has 0 saturated heterocycles. The van der Waals surface area contributed by atoms with E-state index in [1.807, 2.05) is 19.2 Å². The lowest BCUT2D eigenvalue weighted by atomic mass is 10.2. The summed E-state index contributed by atoms with van der Waals surface area (Å²) in [6.07, 6.45) is 6.92. The van der Waals surface area contributed by atoms with Gasteiger partial charge in [0, 0.05) is 18.3 Å². The van der Waals surface area contributed by atoms with Crippen LogP contribution in [0.15, 0.2) is 33.5 Å². The van der Waals surface area contributed by atoms with Crippen molar-refractivity contribution in [1.82, 2.24) is 0 Å². The maximum atomic E-state index is 4.28. The first-order valence-electron chi connectivity index (χ1n) is 3.36. The van der Waals surface area contributed by atoms with Crippen LogP contribution in [-0.4, -0.2) is 11.9 Å². The van der Waals surface area contributed by atoms with Gasteiger partial charge in [0.15, 0.2) is 0 Å². The summed E-state index contributed by atoms with van der Waals surface area (Å²) in [5.74, 6) is 0. The zero-order chi connectivity index (χ0) is 6.97. The molecule has 2 heteroatoms. The average molecular weight is 132 g/mol. The molecule has 2 nitrogen and oxygen atoms in total. The van der Waals surface area contributed by atoms with E-state index in [1.54, 1.807) is 0 Å². The second-order valence-electron chi connectivity index (χ2n) is 2.42. The predicted octanol–water partition coefficient (Wildman–Crippen LogP) is 1.70. The van der Waals surface area contributed by atoms with Crippen molar-refractivity contribution >= 4 is 11.9 Å². The molecule has 0 aromatic rings. The van der Waals surface area contributed by atoms with Gasteiger partial charge < -0.3 is 0 Å². The van der Waals surface area contributed by atoms with Crippen LogP contribution in [0.2, 0.25) is 0 Å². The van der Waals surface area contributed by atoms with E-state index in [4.69, 9.17) is 0 Å². The van der Waals surface area contributed by atoms with Crippen molar-refractivity contribution in [3.63, 3.8) is 0 Å². The molecule has 2 heterocycles. The first-order chi connectivity index (χ1) is 4.86. The lowest BCUT2D eigenvalue weighted by molar-refractivity contribution is 1.21. The fraction of sp³-hybridized carbons (Fsp3) is 0.250. The van der Waals surface area contributed by atoms with E-state index < -0.39 is 0 Å². The van der Waals surface area contributed by atoms with E-state index in [0.29, 0.717) is 0 Å². The van der Waals surface area contributed by atoms with E-state index in [-0.39, 0.29) is 0 Å². The summed E-state index contributed by atoms with van der Waals surface area (Å²) in [5, 5.41) is 0. The number of allylic oxidation sites excluding steroid dienone is 2. The summed E-state index contributed by atoms with van der Waals surface area (Å²) in [7, 11) is 0. The van der Waals surface area contributed by atoms with Gasteiger partial charge in [0.05, 0.1) is 11.4 Å². The van der Waals surface area contributed by atoms with Crippen molar-refractivity contribution < 1.29 is 0 Å². The third kappa shape index (κ3) is 0.727. The third-order valence-electron chi connectivity index (χ3n) is 1.55. The number of nitrogens with zero attached hydrogens (tertiary/aromatic N) is 2. The second-order valence-corrected chi connectivity index (χ2v) is 2.42. The smallest absolute Gasteiger partial charge is 0.0897 e. The van der Waals surface area contributed by atoms with Crippen molar-refractivity contribution in [3.05, 3.63) is 23.5 Å². The molecule has 10 heavy (non-hydrogen) atoms. The van der Waals surface area contributed by atoms with E-state index in [2.05, 4.69) is 16.1 Å². The standard InChI is InChI=1S/C8H8N2/c1-6-5-8-7(10-6)3-2-4-9-8/h3-5H,2H2,1H3. The van der Waals surface area contributed by atoms with E-state index >= 15 is 0 Å². The van der Waals surface area contributed by atoms with Crippen LogP contribution < -0.4 is 0 Å². The molecule has 50 valence electrons. The maximum Gasteiger partial charge on any atom is 0.0897 e. The van der Waals surface area contributed by atoms with Gasteiger partial charge in [0.1, 0.15) is 0 Å². The van der Waals surface area contributed by atoms with Gasteiger partial charge in [-0.25, -0.2) is 0 Å². The summed E-state index contributed by atoms with van der Waals surface area (Å²) >= 11 is 0. The molecule has 0 spiro atoms. The molecule has 2 rings (SSSR count). The van der Waals surface area contributed by atoms with Gasteiger partial charge in [0.25, 0.3) is 0 Å². The van der Waals surface area contributed by atoms with Gasteiger partial charge in [-0.3, -0.25) is 9.98 Å². The molecule has 0 fully saturated rings. The van der Waals surface area contributed by atoms with Crippen LogP contribution in [0.3, 0.4) is 0 Å². The summed E-state index contributed by atoms with van der Waals surface area (Å²) in [6, 6.07) is 0. The molecular weight excluding hydrogens is 124 g/mol. The Morgan fingerprint density at radius 3 is 3.10 bits per heavy atom. The van der Waals surface area contributed by atoms with Crippen molar-refractivity contribution in [2.24, 2.45) is 9.98 Å². The molecule has 0 aliphatic carbocycles. The van der Waals surface area contributed by atoms with Gasteiger partial charge in [0.2, 0.25) is 0 Å². The summed E-state index contributed by atoms with van der Waals surface area (Å²) in [5.41, 5.74) is 3.11. The molecule has 2 aliphatic heterocycles. The Morgan fingerprint density at radius 1 is 1.40 bits per heavy atom. The molecule has 0 amide bonds. The Bertz CT molecular complexity index is 280. The lowest BCUT2D eigenvalue weighted by Gasteiger charge is -1.99. The minimum absolute atomic E-state index is 0.920. The number of hydrogen-bond acceptors (Lipinski definition) is 2. The first kappa shape index (κ1) is 5.59. The van der Waals surface area contributed by atoms with E-state index in [9.17, 15) is 0 Å². The Labute approximate surface area is 59.7 Å². The van der Waals surface area contributed by atoms with Crippen LogP contribution >= 0.6 is 0 Å². The lowest BCUT2D eigenvalue weighted by Crippen LogP contribution is -1.86. The van der Waals surface area contributed by atoms with Crippen LogP contribution in [0.4, 0.5) is 0 Å². The van der Waals surface area contributed by atoms with Crippen LogP contribution in [-0.2, 0) is 0 Å². The number of fused-ring (bicyclic) bond motifs is 1. The molecule has 0 aromatic heterocycles. The molecular formula is C8H8N2. The van der Waals surface area contributed by atoms with Crippen LogP contribution in [0.1, 0.15) is 13.3 Å². The zero-order valence-electron chi connectivity index (χ0n) is 5.83. The summed E-state index contributed by atoms with van der Waals surface area (Å²) < 4.78 is 0. The SMILES string of the molecule is CC1=NC2=CCC=NC2=C1. The maximum absolute atomic E-state index is 4.28. The Morgan fingerprint density at radius 2 is 2.30 bits per heavy atom. The van der Waals surface area contributed by atoms with Crippen molar-refractivity contribution in [2.75, 3.05) is 0 Å². The van der Waals surface area contributed by atoms with Crippen molar-refractivity contribution in [1.29, 1.82) is 0 Å². The molecule has 0 saturated carbocycles. The van der Waals surface area contributed by atoms with Crippen LogP contribution in [0, 0.1) is 0 Å². The van der Waals surface area contributed by atoms with Crippen molar-refractivity contribution in [3.8, 4) is 0 Å². The van der Waals surface area contributed by atoms with Gasteiger partial charge in [-0.1, -0.05) is 6.08 Å². The van der Waals surface area contributed by atoms with Gasteiger partial charge in [-0.05, 0) is 13.0 Å². The average Bonchev–Trinajstić information content (AvgIpc) is 2.27. The third-order valence-corrected chi connectivity index (χ3v) is 1.55. The highest BCUT2D eigenvalue weighted by Crippen LogP contribution is 2.22. The highest BCUT2D eigenvalue weighted by molar-refractivity contribution is 5.98. The second kappa shape index (κ2) is 1.90.